The number of aromatic nitrogens is 1. The van der Waals surface area contributed by atoms with Crippen molar-refractivity contribution < 1.29 is 19.4 Å². The molecule has 33 heavy (non-hydrogen) atoms. The van der Waals surface area contributed by atoms with Gasteiger partial charge in [-0.1, -0.05) is 6.07 Å². The van der Waals surface area contributed by atoms with Crippen LogP contribution in [0.5, 0.6) is 5.75 Å². The van der Waals surface area contributed by atoms with E-state index in [1.807, 2.05) is 12.1 Å². The summed E-state index contributed by atoms with van der Waals surface area (Å²) in [5.41, 5.74) is 9.05. The molecule has 0 aliphatic carbocycles. The van der Waals surface area contributed by atoms with Crippen molar-refractivity contribution >= 4 is 29.5 Å². The van der Waals surface area contributed by atoms with Crippen molar-refractivity contribution in [1.29, 1.82) is 5.41 Å². The van der Waals surface area contributed by atoms with Crippen molar-refractivity contribution in [1.82, 2.24) is 9.88 Å². The monoisotopic (exact) mass is 451 g/mol. The molecule has 1 saturated heterocycles. The number of hydrogen-bond acceptors (Lipinski definition) is 8. The van der Waals surface area contributed by atoms with E-state index in [9.17, 15) is 4.79 Å². The molecule has 3 rings (SSSR count). The zero-order chi connectivity index (χ0) is 23.5. The molecule has 9 heteroatoms. The lowest BCUT2D eigenvalue weighted by Crippen LogP contribution is -2.35. The summed E-state index contributed by atoms with van der Waals surface area (Å²) in [7, 11) is 0. The minimum Gasteiger partial charge on any atom is -0.491 e. The first-order chi connectivity index (χ1) is 16.1. The summed E-state index contributed by atoms with van der Waals surface area (Å²) in [5.74, 6) is 0.294. The van der Waals surface area contributed by atoms with Gasteiger partial charge in [0.15, 0.2) is 0 Å². The molecule has 0 spiro atoms. The fraction of sp³-hybridized carbons (Fsp3) is 0.292. The summed E-state index contributed by atoms with van der Waals surface area (Å²) in [6.07, 6.45) is 8.72. The van der Waals surface area contributed by atoms with E-state index >= 15 is 0 Å². The summed E-state index contributed by atoms with van der Waals surface area (Å²) in [4.78, 5) is 18.9. The smallest absolute Gasteiger partial charge is 0.248 e. The van der Waals surface area contributed by atoms with Crippen LogP contribution in [0.1, 0.15) is 16.7 Å². The number of carbonyl (C=O) groups is 1. The molecule has 0 radical (unpaired) electrons. The van der Waals surface area contributed by atoms with Crippen LogP contribution >= 0.6 is 0 Å². The van der Waals surface area contributed by atoms with Crippen LogP contribution in [0.15, 0.2) is 48.9 Å². The zero-order valence-corrected chi connectivity index (χ0v) is 18.4. The number of rotatable bonds is 10. The largest absolute Gasteiger partial charge is 0.491 e. The normalized spacial score (nSPS) is 14.9. The number of ether oxygens (including phenoxy) is 2. The standard InChI is InChI=1S/C24H29N5O4/c25-14-20(15-26)22-5-6-27-16-18(22)2-4-24(31)28-21-3-1-19(23(13-21)33-12-9-30)17-29-7-10-32-11-8-29/h1-6,13-16,25,30H,7-12,17,26H2,(H,28,31)/b4-2+,20-15?,25-14?. The molecule has 0 bridgehead atoms. The van der Waals surface area contributed by atoms with Crippen molar-refractivity contribution in [2.45, 2.75) is 6.54 Å². The van der Waals surface area contributed by atoms with Gasteiger partial charge in [-0.15, -0.1) is 0 Å². The van der Waals surface area contributed by atoms with Gasteiger partial charge in [0.25, 0.3) is 0 Å². The van der Waals surface area contributed by atoms with Crippen LogP contribution in [0.25, 0.3) is 11.6 Å². The van der Waals surface area contributed by atoms with E-state index < -0.39 is 0 Å². The third kappa shape index (κ3) is 6.98. The Morgan fingerprint density at radius 1 is 1.33 bits per heavy atom. The zero-order valence-electron chi connectivity index (χ0n) is 18.4. The number of amides is 1. The Bertz CT molecular complexity index is 1020. The lowest BCUT2D eigenvalue weighted by atomic mass is 10.0. The van der Waals surface area contributed by atoms with E-state index in [0.29, 0.717) is 47.9 Å². The van der Waals surface area contributed by atoms with Crippen molar-refractivity contribution in [2.24, 2.45) is 5.73 Å². The van der Waals surface area contributed by atoms with Gasteiger partial charge in [0.05, 0.1) is 19.8 Å². The fourth-order valence-corrected chi connectivity index (χ4v) is 3.42. The molecule has 0 saturated carbocycles. The van der Waals surface area contributed by atoms with E-state index in [4.69, 9.17) is 25.7 Å². The van der Waals surface area contributed by atoms with E-state index in [1.165, 1.54) is 12.3 Å². The number of allylic oxidation sites excluding steroid dienone is 1. The van der Waals surface area contributed by atoms with Crippen LogP contribution in [0.2, 0.25) is 0 Å². The Morgan fingerprint density at radius 3 is 2.88 bits per heavy atom. The maximum absolute atomic E-state index is 12.5. The van der Waals surface area contributed by atoms with Crippen LogP contribution in [0.4, 0.5) is 5.69 Å². The molecule has 1 aliphatic rings. The minimum absolute atomic E-state index is 0.0985. The van der Waals surface area contributed by atoms with Crippen LogP contribution < -0.4 is 15.8 Å². The molecule has 0 unspecified atom stereocenters. The number of nitrogens with one attached hydrogen (secondary N) is 2. The highest BCUT2D eigenvalue weighted by Crippen LogP contribution is 2.25. The number of pyridine rings is 1. The Balaban J connectivity index is 1.72. The van der Waals surface area contributed by atoms with Gasteiger partial charge in [-0.3, -0.25) is 14.7 Å². The number of benzene rings is 1. The second-order valence-corrected chi connectivity index (χ2v) is 7.33. The third-order valence-electron chi connectivity index (χ3n) is 5.09. The molecule has 2 heterocycles. The number of nitrogens with two attached hydrogens (primary N) is 1. The molecule has 5 N–H and O–H groups in total. The predicted molar refractivity (Wildman–Crippen MR) is 128 cm³/mol. The van der Waals surface area contributed by atoms with Crippen LogP contribution in [0, 0.1) is 5.41 Å². The van der Waals surface area contributed by atoms with Crippen LogP contribution in [-0.2, 0) is 16.1 Å². The highest BCUT2D eigenvalue weighted by molar-refractivity contribution is 6.10. The Kier molecular flexibility index (Phi) is 9.13. The number of aliphatic hydroxyl groups is 1. The SMILES string of the molecule is N=CC(=CN)c1ccncc1/C=C/C(=O)Nc1ccc(CN2CCOCC2)c(OCCO)c1. The molecule has 9 nitrogen and oxygen atoms in total. The summed E-state index contributed by atoms with van der Waals surface area (Å²) in [6.45, 7) is 3.87. The van der Waals surface area contributed by atoms with E-state index in [-0.39, 0.29) is 19.1 Å². The number of morpholine rings is 1. The van der Waals surface area contributed by atoms with Crippen molar-refractivity contribution in [2.75, 3.05) is 44.8 Å². The molecular weight excluding hydrogens is 422 g/mol. The van der Waals surface area contributed by atoms with Crippen molar-refractivity contribution in [3.63, 3.8) is 0 Å². The number of anilines is 1. The van der Waals surface area contributed by atoms with Gasteiger partial charge >= 0.3 is 0 Å². The second-order valence-electron chi connectivity index (χ2n) is 7.33. The average Bonchev–Trinajstić information content (AvgIpc) is 2.85. The lowest BCUT2D eigenvalue weighted by Gasteiger charge is -2.27. The third-order valence-corrected chi connectivity index (χ3v) is 5.09. The topological polar surface area (TPSA) is 134 Å². The molecule has 2 aromatic rings. The van der Waals surface area contributed by atoms with Gasteiger partial charge in [-0.05, 0) is 23.8 Å². The van der Waals surface area contributed by atoms with Gasteiger partial charge in [0.2, 0.25) is 5.91 Å². The molecule has 174 valence electrons. The summed E-state index contributed by atoms with van der Waals surface area (Å²) in [6, 6.07) is 7.24. The molecule has 0 atom stereocenters. The maximum Gasteiger partial charge on any atom is 0.248 e. The fourth-order valence-electron chi connectivity index (χ4n) is 3.42. The summed E-state index contributed by atoms with van der Waals surface area (Å²) < 4.78 is 11.1. The van der Waals surface area contributed by atoms with Gasteiger partial charge in [0, 0.05) is 79.0 Å². The van der Waals surface area contributed by atoms with Gasteiger partial charge in [-0.25, -0.2) is 0 Å². The second kappa shape index (κ2) is 12.5. The van der Waals surface area contributed by atoms with E-state index in [2.05, 4.69) is 15.2 Å². The molecule has 1 fully saturated rings. The predicted octanol–water partition coefficient (Wildman–Crippen LogP) is 1.89. The molecule has 1 aromatic heterocycles. The van der Waals surface area contributed by atoms with Gasteiger partial charge in [0.1, 0.15) is 12.4 Å². The Labute approximate surface area is 193 Å². The highest BCUT2D eigenvalue weighted by atomic mass is 16.5. The van der Waals surface area contributed by atoms with Crippen molar-refractivity contribution in [3.8, 4) is 5.75 Å². The molecule has 1 amide bonds. The molecule has 1 aliphatic heterocycles. The van der Waals surface area contributed by atoms with Crippen molar-refractivity contribution in [3.05, 3.63) is 65.6 Å². The molecular formula is C24H29N5O4. The van der Waals surface area contributed by atoms with Crippen LogP contribution in [0.3, 0.4) is 0 Å². The van der Waals surface area contributed by atoms with Gasteiger partial charge < -0.3 is 31.0 Å². The Morgan fingerprint density at radius 2 is 2.15 bits per heavy atom. The minimum atomic E-state index is -0.327. The summed E-state index contributed by atoms with van der Waals surface area (Å²) >= 11 is 0. The lowest BCUT2D eigenvalue weighted by molar-refractivity contribution is -0.111. The van der Waals surface area contributed by atoms with Crippen LogP contribution in [-0.4, -0.2) is 66.6 Å². The van der Waals surface area contributed by atoms with Gasteiger partial charge in [-0.2, -0.15) is 0 Å². The maximum atomic E-state index is 12.5. The van der Waals surface area contributed by atoms with E-state index in [1.54, 1.807) is 30.6 Å². The average molecular weight is 452 g/mol. The first kappa shape index (κ1) is 24.1. The number of hydrogen-bond donors (Lipinski definition) is 4. The Hall–Kier alpha value is -3.53. The number of carbonyl (C=O) groups excluding carboxylic acids is 1. The molecule has 1 aromatic carbocycles. The number of aliphatic hydroxyl groups excluding tert-OH is 1. The first-order valence-electron chi connectivity index (χ1n) is 10.7. The quantitative estimate of drug-likeness (QED) is 0.320. The summed E-state index contributed by atoms with van der Waals surface area (Å²) in [5, 5.41) is 19.5. The van der Waals surface area contributed by atoms with E-state index in [0.717, 1.165) is 24.9 Å². The number of nitrogens with zero attached hydrogens (tertiary/aromatic N) is 2. The highest BCUT2D eigenvalue weighted by Gasteiger charge is 2.14. The first-order valence-corrected chi connectivity index (χ1v) is 10.7.